The van der Waals surface area contributed by atoms with Gasteiger partial charge in [0.25, 0.3) is 5.91 Å². The summed E-state index contributed by atoms with van der Waals surface area (Å²) in [4.78, 5) is 29.6. The van der Waals surface area contributed by atoms with E-state index >= 15 is 0 Å². The molecule has 0 atom stereocenters. The minimum atomic E-state index is -0.148. The number of anilines is 1. The highest BCUT2D eigenvalue weighted by Gasteiger charge is 2.23. The van der Waals surface area contributed by atoms with Crippen molar-refractivity contribution in [3.8, 4) is 0 Å². The van der Waals surface area contributed by atoms with Gasteiger partial charge in [-0.25, -0.2) is 0 Å². The van der Waals surface area contributed by atoms with Crippen molar-refractivity contribution in [2.24, 2.45) is 12.5 Å². The molecule has 1 aromatic carbocycles. The van der Waals surface area contributed by atoms with Gasteiger partial charge in [0.2, 0.25) is 5.91 Å². The molecule has 8 nitrogen and oxygen atoms in total. The molecule has 3 rings (SSSR count). The fourth-order valence-corrected chi connectivity index (χ4v) is 4.00. The molecule has 0 unspecified atom stereocenters. The van der Waals surface area contributed by atoms with Gasteiger partial charge in [-0.05, 0) is 36.6 Å². The molecule has 1 fully saturated rings. The summed E-state index contributed by atoms with van der Waals surface area (Å²) >= 11 is 1.32. The van der Waals surface area contributed by atoms with Gasteiger partial charge in [-0.15, -0.1) is 10.2 Å². The number of carbonyl (C=O) groups is 2. The summed E-state index contributed by atoms with van der Waals surface area (Å²) in [5.41, 5.74) is 1.55. The first-order valence-electron chi connectivity index (χ1n) is 10.6. The zero-order valence-electron chi connectivity index (χ0n) is 18.8. The summed E-state index contributed by atoms with van der Waals surface area (Å²) in [5.74, 6) is 0.0893. The normalized spacial score (nSPS) is 15.2. The van der Waals surface area contributed by atoms with Crippen LogP contribution in [0.15, 0.2) is 35.7 Å². The van der Waals surface area contributed by atoms with Crippen molar-refractivity contribution in [2.75, 3.05) is 43.8 Å². The Bertz CT molecular complexity index is 899. The van der Waals surface area contributed by atoms with Crippen LogP contribution in [0.4, 0.5) is 5.69 Å². The summed E-state index contributed by atoms with van der Waals surface area (Å²) in [6, 6.07) is 7.15. The van der Waals surface area contributed by atoms with Crippen LogP contribution in [0, 0.1) is 5.41 Å². The molecule has 2 aromatic rings. The number of piperazine rings is 1. The molecule has 0 spiro atoms. The third kappa shape index (κ3) is 7.07. The SMILES string of the molecule is Cn1cnnc1SCC(=O)Nc1cccc(C(=O)N2CCN(CCC(C)(C)C)CC2)c1. The topological polar surface area (TPSA) is 83.4 Å². The lowest BCUT2D eigenvalue weighted by atomic mass is 9.92. The van der Waals surface area contributed by atoms with Gasteiger partial charge in [0.15, 0.2) is 5.16 Å². The Kier molecular flexibility index (Phi) is 7.72. The predicted octanol–water partition coefficient (Wildman–Crippen LogP) is 2.74. The highest BCUT2D eigenvalue weighted by atomic mass is 32.2. The lowest BCUT2D eigenvalue weighted by Gasteiger charge is -2.36. The number of nitrogens with zero attached hydrogens (tertiary/aromatic N) is 5. The molecule has 1 aromatic heterocycles. The Morgan fingerprint density at radius 1 is 1.16 bits per heavy atom. The number of hydrogen-bond acceptors (Lipinski definition) is 6. The summed E-state index contributed by atoms with van der Waals surface area (Å²) in [6.45, 7) is 11.1. The van der Waals surface area contributed by atoms with Crippen molar-refractivity contribution in [2.45, 2.75) is 32.3 Å². The Labute approximate surface area is 188 Å². The van der Waals surface area contributed by atoms with E-state index in [2.05, 4.69) is 41.2 Å². The van der Waals surface area contributed by atoms with Crippen molar-refractivity contribution < 1.29 is 9.59 Å². The largest absolute Gasteiger partial charge is 0.336 e. The minimum absolute atomic E-state index is 0.0139. The molecule has 9 heteroatoms. The van der Waals surface area contributed by atoms with E-state index in [9.17, 15) is 9.59 Å². The number of nitrogens with one attached hydrogen (secondary N) is 1. The van der Waals surface area contributed by atoms with Gasteiger partial charge in [0.05, 0.1) is 5.75 Å². The van der Waals surface area contributed by atoms with Crippen LogP contribution >= 0.6 is 11.8 Å². The summed E-state index contributed by atoms with van der Waals surface area (Å²) in [5, 5.41) is 11.3. The third-order valence-electron chi connectivity index (χ3n) is 5.23. The third-order valence-corrected chi connectivity index (χ3v) is 6.27. The van der Waals surface area contributed by atoms with E-state index in [-0.39, 0.29) is 17.6 Å². The first-order chi connectivity index (χ1) is 14.7. The van der Waals surface area contributed by atoms with Crippen molar-refractivity contribution >= 4 is 29.3 Å². The van der Waals surface area contributed by atoms with E-state index in [4.69, 9.17) is 0 Å². The maximum absolute atomic E-state index is 13.0. The molecule has 2 heterocycles. The van der Waals surface area contributed by atoms with Gasteiger partial charge in [-0.1, -0.05) is 38.6 Å². The van der Waals surface area contributed by atoms with Crippen LogP contribution in [0.5, 0.6) is 0 Å². The quantitative estimate of drug-likeness (QED) is 0.661. The van der Waals surface area contributed by atoms with Gasteiger partial charge >= 0.3 is 0 Å². The van der Waals surface area contributed by atoms with Crippen LogP contribution in [0.25, 0.3) is 0 Å². The molecule has 0 aliphatic carbocycles. The molecule has 1 aliphatic rings. The standard InChI is InChI=1S/C22H32N6O2S/c1-22(2,3)8-9-27-10-12-28(13-11-27)20(30)17-6-5-7-18(14-17)24-19(29)15-31-21-25-23-16-26(21)4/h5-7,14,16H,8-13,15H2,1-4H3,(H,24,29). The molecule has 0 radical (unpaired) electrons. The number of rotatable bonds is 7. The highest BCUT2D eigenvalue weighted by Crippen LogP contribution is 2.20. The number of aryl methyl sites for hydroxylation is 1. The van der Waals surface area contributed by atoms with Gasteiger partial charge in [0, 0.05) is 44.5 Å². The molecule has 0 bridgehead atoms. The van der Waals surface area contributed by atoms with E-state index in [0.717, 1.165) is 39.1 Å². The zero-order chi connectivity index (χ0) is 22.4. The Hall–Kier alpha value is -2.39. The molecule has 1 N–H and O–H groups in total. The summed E-state index contributed by atoms with van der Waals surface area (Å²) < 4.78 is 1.76. The number of aromatic nitrogens is 3. The van der Waals surface area contributed by atoms with Gasteiger partial charge in [-0.3, -0.25) is 14.5 Å². The Morgan fingerprint density at radius 2 is 1.90 bits per heavy atom. The van der Waals surface area contributed by atoms with Gasteiger partial charge in [0.1, 0.15) is 6.33 Å². The maximum atomic E-state index is 13.0. The maximum Gasteiger partial charge on any atom is 0.254 e. The highest BCUT2D eigenvalue weighted by molar-refractivity contribution is 7.99. The molecular weight excluding hydrogens is 412 g/mol. The summed E-state index contributed by atoms with van der Waals surface area (Å²) in [7, 11) is 1.83. The molecular formula is C22H32N6O2S. The van der Waals surface area contributed by atoms with E-state index < -0.39 is 0 Å². The average Bonchev–Trinajstić information content (AvgIpc) is 3.15. The molecule has 1 aliphatic heterocycles. The van der Waals surface area contributed by atoms with Crippen molar-refractivity contribution in [3.05, 3.63) is 36.2 Å². The van der Waals surface area contributed by atoms with E-state index in [0.29, 0.717) is 21.8 Å². The van der Waals surface area contributed by atoms with E-state index in [1.807, 2.05) is 11.9 Å². The lowest BCUT2D eigenvalue weighted by molar-refractivity contribution is -0.113. The molecule has 2 amide bonds. The van der Waals surface area contributed by atoms with Crippen molar-refractivity contribution in [1.82, 2.24) is 24.6 Å². The Balaban J connectivity index is 1.49. The predicted molar refractivity (Wildman–Crippen MR) is 123 cm³/mol. The number of thioether (sulfide) groups is 1. The first-order valence-corrected chi connectivity index (χ1v) is 11.6. The smallest absolute Gasteiger partial charge is 0.254 e. The molecule has 0 saturated carbocycles. The number of amides is 2. The Morgan fingerprint density at radius 3 is 2.55 bits per heavy atom. The van der Waals surface area contributed by atoms with Crippen molar-refractivity contribution in [1.29, 1.82) is 0 Å². The van der Waals surface area contributed by atoms with E-state index in [1.54, 1.807) is 35.2 Å². The number of carbonyl (C=O) groups excluding carboxylic acids is 2. The van der Waals surface area contributed by atoms with Gasteiger partial charge < -0.3 is 14.8 Å². The van der Waals surface area contributed by atoms with Gasteiger partial charge in [-0.2, -0.15) is 0 Å². The fourth-order valence-electron chi connectivity index (χ4n) is 3.31. The molecule has 31 heavy (non-hydrogen) atoms. The summed E-state index contributed by atoms with van der Waals surface area (Å²) in [6.07, 6.45) is 2.75. The van der Waals surface area contributed by atoms with Crippen molar-refractivity contribution in [3.63, 3.8) is 0 Å². The second-order valence-corrected chi connectivity index (χ2v) is 10.0. The first kappa shape index (κ1) is 23.3. The molecule has 1 saturated heterocycles. The number of benzene rings is 1. The monoisotopic (exact) mass is 444 g/mol. The average molecular weight is 445 g/mol. The van der Waals surface area contributed by atoms with Crippen LogP contribution in [0.3, 0.4) is 0 Å². The van der Waals surface area contributed by atoms with E-state index in [1.165, 1.54) is 11.8 Å². The lowest BCUT2D eigenvalue weighted by Crippen LogP contribution is -2.49. The van der Waals surface area contributed by atoms with Crippen LogP contribution in [-0.2, 0) is 11.8 Å². The van der Waals surface area contributed by atoms with Crippen LogP contribution < -0.4 is 5.32 Å². The fraction of sp³-hybridized carbons (Fsp3) is 0.545. The van der Waals surface area contributed by atoms with Crippen LogP contribution in [0.1, 0.15) is 37.6 Å². The number of hydrogen-bond donors (Lipinski definition) is 1. The minimum Gasteiger partial charge on any atom is -0.336 e. The second-order valence-electron chi connectivity index (χ2n) is 9.09. The second kappa shape index (κ2) is 10.3. The molecule has 168 valence electrons. The van der Waals surface area contributed by atoms with Crippen LogP contribution in [-0.4, -0.2) is 74.9 Å². The zero-order valence-corrected chi connectivity index (χ0v) is 19.6. The van der Waals surface area contributed by atoms with Crippen LogP contribution in [0.2, 0.25) is 0 Å².